The predicted octanol–water partition coefficient (Wildman–Crippen LogP) is 0.425. The summed E-state index contributed by atoms with van der Waals surface area (Å²) in [5.41, 5.74) is 6.08. The fourth-order valence-corrected chi connectivity index (χ4v) is 0.757. The molecule has 0 aliphatic carbocycles. The molecule has 0 spiro atoms. The third kappa shape index (κ3) is 2.39. The van der Waals surface area contributed by atoms with Gasteiger partial charge in [0.2, 0.25) is 5.88 Å². The van der Waals surface area contributed by atoms with E-state index < -0.39 is 0 Å². The van der Waals surface area contributed by atoms with E-state index in [1.54, 1.807) is 18.3 Å². The summed E-state index contributed by atoms with van der Waals surface area (Å²) in [4.78, 5) is 3.92. The number of rotatable bonds is 4. The quantitative estimate of drug-likeness (QED) is 0.639. The van der Waals surface area contributed by atoms with Gasteiger partial charge in [-0.25, -0.2) is 4.98 Å². The van der Waals surface area contributed by atoms with Gasteiger partial charge in [-0.15, -0.1) is 0 Å². The number of nitrogens with zero attached hydrogens (tertiary/aromatic N) is 1. The third-order valence-electron chi connectivity index (χ3n) is 1.34. The van der Waals surface area contributed by atoms with Crippen LogP contribution in [0, 0.1) is 0 Å². The molecule has 4 heteroatoms. The van der Waals surface area contributed by atoms with Crippen LogP contribution in [0.2, 0.25) is 0 Å². The van der Waals surface area contributed by atoms with Crippen LogP contribution in [-0.2, 0) is 0 Å². The number of anilines is 1. The summed E-state index contributed by atoms with van der Waals surface area (Å²) in [6.45, 7) is 0.560. The van der Waals surface area contributed by atoms with Gasteiger partial charge in [0.1, 0.15) is 0 Å². The van der Waals surface area contributed by atoms with E-state index in [1.165, 1.54) is 0 Å². The smallest absolute Gasteiger partial charge is 0.237 e. The first-order valence-electron chi connectivity index (χ1n) is 3.78. The summed E-state index contributed by atoms with van der Waals surface area (Å²) in [5, 5.41) is 8.48. The van der Waals surface area contributed by atoms with Crippen molar-refractivity contribution in [1.82, 2.24) is 4.98 Å². The van der Waals surface area contributed by atoms with E-state index in [2.05, 4.69) is 4.98 Å². The number of hydrogen-bond donors (Lipinski definition) is 2. The summed E-state index contributed by atoms with van der Waals surface area (Å²) in [5.74, 6) is 0.436. The van der Waals surface area contributed by atoms with Crippen LogP contribution in [0.15, 0.2) is 18.3 Å². The number of aliphatic hydroxyl groups excluding tert-OH is 1. The second kappa shape index (κ2) is 4.56. The van der Waals surface area contributed by atoms with Gasteiger partial charge in [-0.05, 0) is 12.1 Å². The van der Waals surface area contributed by atoms with E-state index in [4.69, 9.17) is 15.6 Å². The second-order valence-electron chi connectivity index (χ2n) is 2.32. The van der Waals surface area contributed by atoms with Crippen LogP contribution < -0.4 is 10.5 Å². The molecule has 0 aliphatic rings. The van der Waals surface area contributed by atoms with Gasteiger partial charge in [-0.1, -0.05) is 0 Å². The first kappa shape index (κ1) is 8.80. The standard InChI is InChI=1S/C8H12N2O2/c9-7-3-1-4-10-8(7)12-6-2-5-11/h1,3-4,11H,2,5-6,9H2. The number of ether oxygens (including phenoxy) is 1. The lowest BCUT2D eigenvalue weighted by Crippen LogP contribution is -2.03. The summed E-state index contributed by atoms with van der Waals surface area (Å²) in [6.07, 6.45) is 2.21. The molecule has 0 aliphatic heterocycles. The second-order valence-corrected chi connectivity index (χ2v) is 2.32. The lowest BCUT2D eigenvalue weighted by molar-refractivity contribution is 0.230. The Kier molecular flexibility index (Phi) is 3.35. The molecule has 0 aromatic carbocycles. The van der Waals surface area contributed by atoms with Crippen molar-refractivity contribution in [2.45, 2.75) is 6.42 Å². The van der Waals surface area contributed by atoms with E-state index in [0.717, 1.165) is 0 Å². The van der Waals surface area contributed by atoms with Crippen molar-refractivity contribution in [3.8, 4) is 5.88 Å². The van der Waals surface area contributed by atoms with Gasteiger partial charge in [-0.2, -0.15) is 0 Å². The highest BCUT2D eigenvalue weighted by atomic mass is 16.5. The summed E-state index contributed by atoms with van der Waals surface area (Å²) in [6, 6.07) is 3.47. The van der Waals surface area contributed by atoms with E-state index in [1.807, 2.05) is 0 Å². The van der Waals surface area contributed by atoms with Gasteiger partial charge < -0.3 is 15.6 Å². The molecule has 0 atom stereocenters. The van der Waals surface area contributed by atoms with Crippen LogP contribution >= 0.6 is 0 Å². The van der Waals surface area contributed by atoms with E-state index in [0.29, 0.717) is 24.6 Å². The van der Waals surface area contributed by atoms with Gasteiger partial charge in [0.25, 0.3) is 0 Å². The molecule has 12 heavy (non-hydrogen) atoms. The summed E-state index contributed by atoms with van der Waals surface area (Å²) >= 11 is 0. The molecule has 1 aromatic rings. The zero-order valence-electron chi connectivity index (χ0n) is 6.73. The molecular weight excluding hydrogens is 156 g/mol. The molecule has 1 heterocycles. The van der Waals surface area contributed by atoms with Crippen LogP contribution in [0.4, 0.5) is 5.69 Å². The topological polar surface area (TPSA) is 68.4 Å². The maximum atomic E-state index is 8.48. The van der Waals surface area contributed by atoms with Crippen molar-refractivity contribution >= 4 is 5.69 Å². The first-order valence-corrected chi connectivity index (χ1v) is 3.78. The van der Waals surface area contributed by atoms with E-state index in [-0.39, 0.29) is 6.61 Å². The highest BCUT2D eigenvalue weighted by molar-refractivity contribution is 5.46. The molecule has 0 fully saturated rings. The fraction of sp³-hybridized carbons (Fsp3) is 0.375. The van der Waals surface area contributed by atoms with Crippen LogP contribution in [-0.4, -0.2) is 23.3 Å². The minimum atomic E-state index is 0.118. The van der Waals surface area contributed by atoms with Crippen molar-refractivity contribution in [3.63, 3.8) is 0 Å². The van der Waals surface area contributed by atoms with Crippen molar-refractivity contribution < 1.29 is 9.84 Å². The SMILES string of the molecule is Nc1cccnc1OCCCO. The highest BCUT2D eigenvalue weighted by Gasteiger charge is 1.98. The van der Waals surface area contributed by atoms with Crippen LogP contribution in [0.3, 0.4) is 0 Å². The van der Waals surface area contributed by atoms with Gasteiger partial charge in [-0.3, -0.25) is 0 Å². The summed E-state index contributed by atoms with van der Waals surface area (Å²) < 4.78 is 5.18. The van der Waals surface area contributed by atoms with Crippen molar-refractivity contribution in [3.05, 3.63) is 18.3 Å². The van der Waals surface area contributed by atoms with Gasteiger partial charge in [0.15, 0.2) is 0 Å². The highest BCUT2D eigenvalue weighted by Crippen LogP contribution is 2.15. The molecule has 0 bridgehead atoms. The number of aliphatic hydroxyl groups is 1. The normalized spacial score (nSPS) is 9.75. The van der Waals surface area contributed by atoms with Gasteiger partial charge in [0.05, 0.1) is 12.3 Å². The lowest BCUT2D eigenvalue weighted by Gasteiger charge is -2.05. The number of nitrogen functional groups attached to an aromatic ring is 1. The molecule has 66 valence electrons. The average molecular weight is 168 g/mol. The zero-order valence-corrected chi connectivity index (χ0v) is 6.73. The van der Waals surface area contributed by atoms with Crippen molar-refractivity contribution in [2.75, 3.05) is 18.9 Å². The predicted molar refractivity (Wildman–Crippen MR) is 45.8 cm³/mol. The van der Waals surface area contributed by atoms with Crippen LogP contribution in [0.1, 0.15) is 6.42 Å². The molecule has 4 nitrogen and oxygen atoms in total. The molecule has 0 saturated carbocycles. The molecule has 0 unspecified atom stereocenters. The minimum absolute atomic E-state index is 0.118. The molecule has 0 saturated heterocycles. The number of nitrogens with two attached hydrogens (primary N) is 1. The Balaban J connectivity index is 2.46. The van der Waals surface area contributed by atoms with Crippen molar-refractivity contribution in [2.24, 2.45) is 0 Å². The Morgan fingerprint density at radius 3 is 3.08 bits per heavy atom. The van der Waals surface area contributed by atoms with Crippen molar-refractivity contribution in [1.29, 1.82) is 0 Å². The Morgan fingerprint density at radius 2 is 2.42 bits per heavy atom. The van der Waals surface area contributed by atoms with Gasteiger partial charge >= 0.3 is 0 Å². The fourth-order valence-electron chi connectivity index (χ4n) is 0.757. The molecule has 0 radical (unpaired) electrons. The average Bonchev–Trinajstić information content (AvgIpc) is 2.09. The molecule has 3 N–H and O–H groups in total. The Bertz CT molecular complexity index is 240. The van der Waals surface area contributed by atoms with E-state index in [9.17, 15) is 0 Å². The first-order chi connectivity index (χ1) is 5.84. The zero-order chi connectivity index (χ0) is 8.81. The molecule has 0 amide bonds. The third-order valence-corrected chi connectivity index (χ3v) is 1.34. The van der Waals surface area contributed by atoms with Crippen LogP contribution in [0.5, 0.6) is 5.88 Å². The summed E-state index contributed by atoms with van der Waals surface area (Å²) in [7, 11) is 0. The van der Waals surface area contributed by atoms with E-state index >= 15 is 0 Å². The van der Waals surface area contributed by atoms with Crippen LogP contribution in [0.25, 0.3) is 0 Å². The minimum Gasteiger partial charge on any atom is -0.476 e. The Hall–Kier alpha value is -1.29. The number of pyridine rings is 1. The largest absolute Gasteiger partial charge is 0.476 e. The number of hydrogen-bond acceptors (Lipinski definition) is 4. The maximum Gasteiger partial charge on any atom is 0.237 e. The number of aromatic nitrogens is 1. The lowest BCUT2D eigenvalue weighted by atomic mass is 10.4. The molecule has 1 aromatic heterocycles. The maximum absolute atomic E-state index is 8.48. The monoisotopic (exact) mass is 168 g/mol. The Morgan fingerprint density at radius 1 is 1.58 bits per heavy atom. The Labute approximate surface area is 71.0 Å². The molecule has 1 rings (SSSR count). The van der Waals surface area contributed by atoms with Gasteiger partial charge in [0, 0.05) is 19.2 Å². The molecular formula is C8H12N2O2.